The molecule has 1 fully saturated rings. The van der Waals surface area contributed by atoms with Gasteiger partial charge in [-0.2, -0.15) is 13.2 Å². The highest BCUT2D eigenvalue weighted by molar-refractivity contribution is 9.10. The molecule has 40 heavy (non-hydrogen) atoms. The maximum atomic E-state index is 15.2. The fraction of sp³-hybridized carbons (Fsp3) is 0.346. The van der Waals surface area contributed by atoms with Crippen molar-refractivity contribution >= 4 is 27.7 Å². The second kappa shape index (κ2) is 12.0. The molecule has 2 aromatic carbocycles. The molecule has 1 aromatic heterocycles. The van der Waals surface area contributed by atoms with Crippen LogP contribution in [0.2, 0.25) is 0 Å². The van der Waals surface area contributed by atoms with Crippen molar-refractivity contribution in [1.29, 1.82) is 0 Å². The summed E-state index contributed by atoms with van der Waals surface area (Å²) in [5.74, 6) is -5.97. The lowest BCUT2D eigenvalue weighted by atomic mass is 9.96. The predicted octanol–water partition coefficient (Wildman–Crippen LogP) is 5.11. The number of halogens is 6. The number of imide groups is 1. The van der Waals surface area contributed by atoms with Crippen molar-refractivity contribution in [2.24, 2.45) is 5.92 Å². The quantitative estimate of drug-likeness (QED) is 0.276. The zero-order chi connectivity index (χ0) is 29.2. The summed E-state index contributed by atoms with van der Waals surface area (Å²) in [5, 5.41) is 11.9. The van der Waals surface area contributed by atoms with Gasteiger partial charge in [0.1, 0.15) is 17.1 Å². The lowest BCUT2D eigenvalue weighted by Gasteiger charge is -2.27. The summed E-state index contributed by atoms with van der Waals surface area (Å²) >= 11 is 3.11. The van der Waals surface area contributed by atoms with Crippen LogP contribution in [-0.4, -0.2) is 53.5 Å². The molecule has 3 aromatic rings. The molecule has 1 unspecified atom stereocenters. The summed E-state index contributed by atoms with van der Waals surface area (Å²) in [7, 11) is 1.89. The van der Waals surface area contributed by atoms with E-state index in [1.54, 1.807) is 0 Å². The molecule has 0 saturated carbocycles. The van der Waals surface area contributed by atoms with Gasteiger partial charge >= 0.3 is 6.18 Å². The number of alkyl halides is 3. The van der Waals surface area contributed by atoms with Gasteiger partial charge in [0.2, 0.25) is 11.8 Å². The van der Waals surface area contributed by atoms with Crippen molar-refractivity contribution in [2.45, 2.75) is 25.1 Å². The third kappa shape index (κ3) is 6.50. The van der Waals surface area contributed by atoms with Crippen molar-refractivity contribution in [3.63, 3.8) is 0 Å². The molecule has 1 atom stereocenters. The topological polar surface area (TPSA) is 105 Å². The molecule has 4 rings (SSSR count). The molecule has 0 bridgehead atoms. The summed E-state index contributed by atoms with van der Waals surface area (Å²) in [6.45, 7) is 0.475. The Bertz CT molecular complexity index is 1390. The summed E-state index contributed by atoms with van der Waals surface area (Å²) < 4.78 is 79.2. The fourth-order valence-corrected chi connectivity index (χ4v) is 4.63. The van der Waals surface area contributed by atoms with Crippen LogP contribution < -0.4 is 10.1 Å². The Labute approximate surface area is 233 Å². The normalized spacial score (nSPS) is 15.6. The summed E-state index contributed by atoms with van der Waals surface area (Å²) in [5.41, 5.74) is -1.59. The van der Waals surface area contributed by atoms with E-state index in [1.807, 2.05) is 17.3 Å². The van der Waals surface area contributed by atoms with Crippen molar-refractivity contribution in [2.75, 3.05) is 26.7 Å². The second-order valence-electron chi connectivity index (χ2n) is 9.17. The van der Waals surface area contributed by atoms with Gasteiger partial charge < -0.3 is 19.2 Å². The molecule has 0 aliphatic carbocycles. The number of hydrogen-bond acceptors (Lipinski definition) is 7. The molecule has 1 aliphatic rings. The summed E-state index contributed by atoms with van der Waals surface area (Å²) in [6, 6.07) is 5.70. The first-order valence-electron chi connectivity index (χ1n) is 12.0. The molecular weight excluding hydrogens is 609 g/mol. The Hall–Kier alpha value is -3.36. The zero-order valence-electron chi connectivity index (χ0n) is 20.9. The zero-order valence-corrected chi connectivity index (χ0v) is 22.5. The van der Waals surface area contributed by atoms with Gasteiger partial charge in [-0.05, 0) is 73.2 Å². The number of amides is 2. The van der Waals surface area contributed by atoms with E-state index in [-0.39, 0.29) is 21.8 Å². The Kier molecular flexibility index (Phi) is 8.90. The van der Waals surface area contributed by atoms with Gasteiger partial charge in [-0.15, -0.1) is 0 Å². The van der Waals surface area contributed by atoms with Crippen molar-refractivity contribution < 1.29 is 45.8 Å². The minimum Gasteiger partial charge on any atom is -0.475 e. The van der Waals surface area contributed by atoms with Gasteiger partial charge in [0.25, 0.3) is 5.91 Å². The number of carbonyl (C=O) groups excluding carboxylic acids is 2. The van der Waals surface area contributed by atoms with Gasteiger partial charge in [-0.25, -0.2) is 13.8 Å². The van der Waals surface area contributed by atoms with Crippen LogP contribution in [0.15, 0.2) is 45.5 Å². The molecule has 0 radical (unpaired) electrons. The van der Waals surface area contributed by atoms with E-state index in [0.29, 0.717) is 25.9 Å². The van der Waals surface area contributed by atoms with Crippen LogP contribution >= 0.6 is 15.9 Å². The van der Waals surface area contributed by atoms with Crippen LogP contribution in [0.25, 0.3) is 11.3 Å². The van der Waals surface area contributed by atoms with Crippen molar-refractivity contribution in [1.82, 2.24) is 15.2 Å². The van der Waals surface area contributed by atoms with Crippen molar-refractivity contribution in [3.8, 4) is 17.0 Å². The van der Waals surface area contributed by atoms with E-state index in [4.69, 9.17) is 9.15 Å². The summed E-state index contributed by atoms with van der Waals surface area (Å²) in [6.07, 6.45) is -5.00. The molecule has 2 N–H and O–H groups in total. The number of benzene rings is 2. The molecular formula is C26H23BrF5N3O5. The lowest BCUT2D eigenvalue weighted by molar-refractivity contribution is -0.137. The maximum Gasteiger partial charge on any atom is 0.416 e. The third-order valence-corrected chi connectivity index (χ3v) is 6.94. The number of oxazole rings is 1. The van der Waals surface area contributed by atoms with E-state index < -0.39 is 65.1 Å². The minimum absolute atomic E-state index is 0.00336. The number of rotatable bonds is 7. The maximum absolute atomic E-state index is 15.2. The first-order chi connectivity index (χ1) is 18.9. The number of aliphatic hydroxyl groups is 1. The van der Waals surface area contributed by atoms with E-state index in [1.165, 1.54) is 12.1 Å². The van der Waals surface area contributed by atoms with Crippen LogP contribution in [0, 0.1) is 17.6 Å². The summed E-state index contributed by atoms with van der Waals surface area (Å²) in [4.78, 5) is 31.3. The Morgan fingerprint density at radius 3 is 2.42 bits per heavy atom. The van der Waals surface area contributed by atoms with Crippen LogP contribution in [0.3, 0.4) is 0 Å². The number of likely N-dealkylation sites (tertiary alicyclic amines) is 1. The van der Waals surface area contributed by atoms with Crippen LogP contribution in [0.1, 0.15) is 40.8 Å². The molecule has 0 spiro atoms. The molecule has 8 nitrogen and oxygen atoms in total. The average Bonchev–Trinajstić information content (AvgIpc) is 3.29. The number of nitrogens with zero attached hydrogens (tertiary/aromatic N) is 2. The number of hydrogen-bond donors (Lipinski definition) is 2. The first-order valence-corrected chi connectivity index (χ1v) is 12.8. The molecule has 1 aliphatic heterocycles. The smallest absolute Gasteiger partial charge is 0.416 e. The number of nitrogens with one attached hydrogen (secondary N) is 1. The van der Waals surface area contributed by atoms with Gasteiger partial charge in [-0.1, -0.05) is 12.1 Å². The van der Waals surface area contributed by atoms with Gasteiger partial charge in [-0.3, -0.25) is 14.9 Å². The monoisotopic (exact) mass is 631 g/mol. The van der Waals surface area contributed by atoms with Crippen LogP contribution in [-0.2, 0) is 11.0 Å². The Morgan fingerprint density at radius 2 is 1.82 bits per heavy atom. The third-order valence-electron chi connectivity index (χ3n) is 6.41. The van der Waals surface area contributed by atoms with E-state index in [2.05, 4.69) is 20.9 Å². The van der Waals surface area contributed by atoms with Gasteiger partial charge in [0, 0.05) is 11.5 Å². The standard InChI is InChI=1S/C26H23BrF5N3O5/c1-35-10-8-14(9-11-35)23(37)34-24(38)19-16(28)6-7-17(20(19)29)39-18(12-36)25-33-21(22(27)40-25)13-2-4-15(5-3-13)26(30,31)32/h2-7,14,18,36H,8-12H2,1H3,(H,34,37,38). The number of piperidine rings is 1. The van der Waals surface area contributed by atoms with Crippen molar-refractivity contribution in [3.05, 3.63) is 69.7 Å². The first kappa shape index (κ1) is 29.6. The number of aliphatic hydroxyl groups excluding tert-OH is 1. The molecule has 1 saturated heterocycles. The largest absolute Gasteiger partial charge is 0.475 e. The van der Waals surface area contributed by atoms with Gasteiger partial charge in [0.05, 0.1) is 12.2 Å². The highest BCUT2D eigenvalue weighted by Gasteiger charge is 2.32. The number of aromatic nitrogens is 1. The molecule has 2 heterocycles. The Morgan fingerprint density at radius 1 is 1.18 bits per heavy atom. The second-order valence-corrected chi connectivity index (χ2v) is 9.89. The highest BCUT2D eigenvalue weighted by atomic mass is 79.9. The fourth-order valence-electron chi connectivity index (χ4n) is 4.15. The van der Waals surface area contributed by atoms with E-state index in [0.717, 1.165) is 24.3 Å². The minimum atomic E-state index is -4.53. The van der Waals surface area contributed by atoms with E-state index in [9.17, 15) is 32.3 Å². The van der Waals surface area contributed by atoms with Gasteiger partial charge in [0.15, 0.2) is 22.3 Å². The lowest BCUT2D eigenvalue weighted by Crippen LogP contribution is -2.41. The average molecular weight is 632 g/mol. The highest BCUT2D eigenvalue weighted by Crippen LogP contribution is 2.35. The number of ether oxygens (including phenoxy) is 1. The van der Waals surface area contributed by atoms with Crippen LogP contribution in [0.5, 0.6) is 5.75 Å². The molecule has 14 heteroatoms. The molecule has 2 amide bonds. The molecule has 214 valence electrons. The van der Waals surface area contributed by atoms with E-state index >= 15 is 4.39 Å². The predicted molar refractivity (Wildman–Crippen MR) is 134 cm³/mol. The number of carbonyl (C=O) groups is 2. The SMILES string of the molecule is CN1CCC(C(=O)NC(=O)c2c(F)ccc(OC(CO)c3nc(-c4ccc(C(F)(F)F)cc4)c(Br)o3)c2F)CC1. The Balaban J connectivity index is 1.53. The van der Waals surface area contributed by atoms with Crippen LogP contribution in [0.4, 0.5) is 22.0 Å².